The fraction of sp³-hybridized carbons (Fsp3) is 0.500. The topological polar surface area (TPSA) is 96.5 Å². The van der Waals surface area contributed by atoms with Gasteiger partial charge in [0.25, 0.3) is 5.91 Å². The molecule has 1 amide bonds. The number of amides is 1. The van der Waals surface area contributed by atoms with E-state index in [1.54, 1.807) is 0 Å². The van der Waals surface area contributed by atoms with Gasteiger partial charge in [0.1, 0.15) is 15.7 Å². The summed E-state index contributed by atoms with van der Waals surface area (Å²) in [6.07, 6.45) is 4.28. The van der Waals surface area contributed by atoms with Crippen molar-refractivity contribution in [2.75, 3.05) is 12.3 Å². The summed E-state index contributed by atoms with van der Waals surface area (Å²) in [5, 5.41) is 10.1. The summed E-state index contributed by atoms with van der Waals surface area (Å²) in [6, 6.07) is 1.33. The Morgan fingerprint density at radius 2 is 2.20 bits per heavy atom. The summed E-state index contributed by atoms with van der Waals surface area (Å²) in [5.74, 6) is -0.599. The smallest absolute Gasteiger partial charge is 0.326 e. The van der Waals surface area contributed by atoms with Gasteiger partial charge in [0.05, 0.1) is 5.69 Å². The predicted octanol–water partition coefficient (Wildman–Crippen LogP) is 2.69. The highest BCUT2D eigenvalue weighted by atomic mass is 32.1. The van der Waals surface area contributed by atoms with E-state index in [-0.39, 0.29) is 5.91 Å². The van der Waals surface area contributed by atoms with Gasteiger partial charge in [-0.05, 0) is 49.7 Å². The number of aromatic nitrogens is 1. The minimum Gasteiger partial charge on any atom is -0.480 e. The Balaban J connectivity index is 1.74. The molecule has 7 heteroatoms. The number of carboxylic acids is 1. The fourth-order valence-corrected chi connectivity index (χ4v) is 4.98. The van der Waals surface area contributed by atoms with E-state index in [1.807, 2.05) is 0 Å². The first kappa shape index (κ1) is 16.3. The zero-order valence-electron chi connectivity index (χ0n) is 14.1. The van der Waals surface area contributed by atoms with Gasteiger partial charge in [-0.2, -0.15) is 0 Å². The van der Waals surface area contributed by atoms with Gasteiger partial charge >= 0.3 is 5.97 Å². The van der Waals surface area contributed by atoms with Crippen LogP contribution in [-0.2, 0) is 17.6 Å². The van der Waals surface area contributed by atoms with E-state index in [9.17, 15) is 14.7 Å². The van der Waals surface area contributed by atoms with Crippen molar-refractivity contribution in [3.05, 3.63) is 22.2 Å². The Bertz CT molecular complexity index is 876. The zero-order valence-corrected chi connectivity index (χ0v) is 14.9. The molecule has 0 spiro atoms. The molecule has 132 valence electrons. The Hall–Kier alpha value is -2.15. The van der Waals surface area contributed by atoms with E-state index in [2.05, 4.69) is 13.0 Å². The first-order valence-electron chi connectivity index (χ1n) is 8.70. The minimum absolute atomic E-state index is 0.281. The van der Waals surface area contributed by atoms with Crippen molar-refractivity contribution in [3.63, 3.8) is 0 Å². The molecule has 1 fully saturated rings. The van der Waals surface area contributed by atoms with Gasteiger partial charge in [0.2, 0.25) is 0 Å². The lowest BCUT2D eigenvalue weighted by Gasteiger charge is -2.20. The van der Waals surface area contributed by atoms with Gasteiger partial charge in [0.15, 0.2) is 0 Å². The highest BCUT2D eigenvalue weighted by Crippen LogP contribution is 2.37. The molecule has 2 aromatic heterocycles. The second-order valence-corrected chi connectivity index (χ2v) is 8.13. The number of pyridine rings is 1. The predicted molar refractivity (Wildman–Crippen MR) is 96.9 cm³/mol. The van der Waals surface area contributed by atoms with Gasteiger partial charge < -0.3 is 15.7 Å². The molecule has 0 aromatic carbocycles. The maximum Gasteiger partial charge on any atom is 0.326 e. The average Bonchev–Trinajstić information content (AvgIpc) is 3.18. The number of hydrogen-bond donors (Lipinski definition) is 2. The molecule has 4 rings (SSSR count). The van der Waals surface area contributed by atoms with Crippen LogP contribution in [0.2, 0.25) is 0 Å². The molecule has 0 radical (unpaired) electrons. The van der Waals surface area contributed by atoms with Gasteiger partial charge in [-0.3, -0.25) is 4.79 Å². The van der Waals surface area contributed by atoms with Crippen LogP contribution in [0.25, 0.3) is 10.2 Å². The van der Waals surface area contributed by atoms with E-state index in [4.69, 9.17) is 10.7 Å². The Labute approximate surface area is 149 Å². The number of aliphatic carboxylic acids is 1. The lowest BCUT2D eigenvalue weighted by molar-refractivity contribution is -0.141. The molecule has 1 saturated heterocycles. The fourth-order valence-electron chi connectivity index (χ4n) is 3.93. The highest BCUT2D eigenvalue weighted by Gasteiger charge is 2.36. The van der Waals surface area contributed by atoms with E-state index < -0.39 is 12.0 Å². The summed E-state index contributed by atoms with van der Waals surface area (Å²) in [7, 11) is 0. The van der Waals surface area contributed by atoms with Crippen molar-refractivity contribution in [3.8, 4) is 0 Å². The number of nitrogen functional groups attached to an aromatic ring is 1. The molecule has 2 atom stereocenters. The summed E-state index contributed by atoms with van der Waals surface area (Å²) in [5.41, 5.74) is 9.04. The number of carbonyl (C=O) groups is 2. The van der Waals surface area contributed by atoms with Crippen molar-refractivity contribution in [1.82, 2.24) is 9.88 Å². The van der Waals surface area contributed by atoms with Gasteiger partial charge in [-0.25, -0.2) is 9.78 Å². The molecule has 0 bridgehead atoms. The second kappa shape index (κ2) is 5.98. The SMILES string of the molecule is C[C@H]1CCc2nc3sc(C(=O)N4CCC[C@H]4C(=O)O)c(N)c3cc2C1. The van der Waals surface area contributed by atoms with E-state index in [0.29, 0.717) is 35.9 Å². The van der Waals surface area contributed by atoms with Crippen LogP contribution in [0.1, 0.15) is 47.1 Å². The van der Waals surface area contributed by atoms with Crippen molar-refractivity contribution >= 4 is 39.1 Å². The normalized spacial score (nSPS) is 23.0. The largest absolute Gasteiger partial charge is 0.480 e. The van der Waals surface area contributed by atoms with Crippen molar-refractivity contribution < 1.29 is 14.7 Å². The number of fused-ring (bicyclic) bond motifs is 2. The molecule has 6 nitrogen and oxygen atoms in total. The lowest BCUT2D eigenvalue weighted by atomic mass is 9.87. The molecule has 2 aliphatic rings. The number of nitrogens with zero attached hydrogens (tertiary/aromatic N) is 2. The number of hydrogen-bond acceptors (Lipinski definition) is 5. The maximum atomic E-state index is 12.9. The molecular formula is C18H21N3O3S. The monoisotopic (exact) mass is 359 g/mol. The summed E-state index contributed by atoms with van der Waals surface area (Å²) in [4.78, 5) is 31.6. The zero-order chi connectivity index (χ0) is 17.7. The Kier molecular flexibility index (Phi) is 3.91. The van der Waals surface area contributed by atoms with Crippen molar-refractivity contribution in [2.24, 2.45) is 5.92 Å². The van der Waals surface area contributed by atoms with Crippen LogP contribution in [0.3, 0.4) is 0 Å². The first-order chi connectivity index (χ1) is 12.0. The highest BCUT2D eigenvalue weighted by molar-refractivity contribution is 7.21. The third-order valence-electron chi connectivity index (χ3n) is 5.32. The lowest BCUT2D eigenvalue weighted by Crippen LogP contribution is -2.40. The molecule has 0 unspecified atom stereocenters. The Morgan fingerprint density at radius 3 is 2.96 bits per heavy atom. The Morgan fingerprint density at radius 1 is 1.40 bits per heavy atom. The standard InChI is InChI=1S/C18H21N3O3S/c1-9-4-5-12-10(7-9)8-11-14(19)15(25-16(11)20-12)17(22)21-6-2-3-13(21)18(23)24/h8-9,13H,2-7,19H2,1H3,(H,23,24)/t9-,13-/m0/s1. The maximum absolute atomic E-state index is 12.9. The van der Waals surface area contributed by atoms with Crippen LogP contribution in [-0.4, -0.2) is 39.5 Å². The minimum atomic E-state index is -0.951. The molecule has 0 saturated carbocycles. The number of likely N-dealkylation sites (tertiary alicyclic amines) is 1. The van der Waals surface area contributed by atoms with E-state index in [0.717, 1.165) is 35.2 Å². The number of thiophene rings is 1. The van der Waals surface area contributed by atoms with Crippen LogP contribution < -0.4 is 5.73 Å². The molecule has 1 aliphatic heterocycles. The number of carboxylic acid groups (broad SMARTS) is 1. The first-order valence-corrected chi connectivity index (χ1v) is 9.52. The number of anilines is 1. The second-order valence-electron chi connectivity index (χ2n) is 7.13. The van der Waals surface area contributed by atoms with E-state index in [1.165, 1.54) is 21.8 Å². The number of aryl methyl sites for hydroxylation is 1. The van der Waals surface area contributed by atoms with Crippen LogP contribution in [0.15, 0.2) is 6.07 Å². The van der Waals surface area contributed by atoms with Crippen molar-refractivity contribution in [2.45, 2.75) is 45.1 Å². The third kappa shape index (κ3) is 2.66. The van der Waals surface area contributed by atoms with Crippen LogP contribution in [0, 0.1) is 5.92 Å². The van der Waals surface area contributed by atoms with Gasteiger partial charge in [0, 0.05) is 17.6 Å². The average molecular weight is 359 g/mol. The number of nitrogens with two attached hydrogens (primary N) is 1. The molecule has 1 aliphatic carbocycles. The van der Waals surface area contributed by atoms with Crippen LogP contribution in [0.5, 0.6) is 0 Å². The molecule has 3 heterocycles. The van der Waals surface area contributed by atoms with Crippen LogP contribution in [0.4, 0.5) is 5.69 Å². The number of carbonyl (C=O) groups excluding carboxylic acids is 1. The summed E-state index contributed by atoms with van der Waals surface area (Å²) < 4.78 is 0. The summed E-state index contributed by atoms with van der Waals surface area (Å²) >= 11 is 1.29. The van der Waals surface area contributed by atoms with Crippen molar-refractivity contribution in [1.29, 1.82) is 0 Å². The van der Waals surface area contributed by atoms with E-state index >= 15 is 0 Å². The molecular weight excluding hydrogens is 338 g/mol. The molecule has 3 N–H and O–H groups in total. The van der Waals surface area contributed by atoms with Gasteiger partial charge in [-0.15, -0.1) is 11.3 Å². The molecule has 2 aromatic rings. The van der Waals surface area contributed by atoms with Gasteiger partial charge in [-0.1, -0.05) is 6.92 Å². The quantitative estimate of drug-likeness (QED) is 0.859. The third-order valence-corrected chi connectivity index (χ3v) is 6.43. The summed E-state index contributed by atoms with van der Waals surface area (Å²) in [6.45, 7) is 2.70. The molecule has 25 heavy (non-hydrogen) atoms. The number of rotatable bonds is 2. The van der Waals surface area contributed by atoms with Crippen LogP contribution >= 0.6 is 11.3 Å².